The van der Waals surface area contributed by atoms with Crippen LogP contribution in [0, 0.1) is 0 Å². The number of halogens is 2. The summed E-state index contributed by atoms with van der Waals surface area (Å²) in [6, 6.07) is 20.7. The van der Waals surface area contributed by atoms with Gasteiger partial charge in [-0.2, -0.15) is 0 Å². The number of benzene rings is 2. The Kier molecular flexibility index (Phi) is 4.86. The molecular formula is C14H13Cl2P. The van der Waals surface area contributed by atoms with E-state index in [0.717, 1.165) is 0 Å². The number of hydrogen-bond donors (Lipinski definition) is 0. The minimum atomic E-state index is -0.579. The Morgan fingerprint density at radius 1 is 0.824 bits per heavy atom. The van der Waals surface area contributed by atoms with Gasteiger partial charge in [0.2, 0.25) is 0 Å². The highest BCUT2D eigenvalue weighted by Crippen LogP contribution is 2.41. The zero-order valence-electron chi connectivity index (χ0n) is 9.26. The van der Waals surface area contributed by atoms with E-state index in [4.69, 9.17) is 23.2 Å². The third-order valence-corrected chi connectivity index (χ3v) is 6.35. The average molecular weight is 283 g/mol. The molecule has 2 aromatic carbocycles. The molecule has 2 aromatic rings. The summed E-state index contributed by atoms with van der Waals surface area (Å²) in [5.41, 5.74) is 0. The van der Waals surface area contributed by atoms with Crippen LogP contribution in [0.3, 0.4) is 0 Å². The summed E-state index contributed by atoms with van der Waals surface area (Å²) in [6.07, 6.45) is 0. The molecule has 3 heteroatoms. The van der Waals surface area contributed by atoms with Crippen LogP contribution in [-0.2, 0) is 0 Å². The highest BCUT2D eigenvalue weighted by molar-refractivity contribution is 7.75. The SMILES string of the molecule is ClCC(Cl)P(c1ccccc1)c1ccccc1. The first-order valence-electron chi connectivity index (χ1n) is 5.42. The molecular weight excluding hydrogens is 270 g/mol. The number of hydrogen-bond acceptors (Lipinski definition) is 0. The highest BCUT2D eigenvalue weighted by atomic mass is 35.5. The van der Waals surface area contributed by atoms with E-state index in [1.165, 1.54) is 10.6 Å². The van der Waals surface area contributed by atoms with Gasteiger partial charge >= 0.3 is 0 Å². The molecule has 17 heavy (non-hydrogen) atoms. The molecule has 2 rings (SSSR count). The molecule has 0 aliphatic heterocycles. The molecule has 0 amide bonds. The largest absolute Gasteiger partial charge is 0.125 e. The molecule has 0 heterocycles. The Hall–Kier alpha value is -0.550. The van der Waals surface area contributed by atoms with Gasteiger partial charge in [0.05, 0.1) is 5.12 Å². The van der Waals surface area contributed by atoms with Gasteiger partial charge in [0.1, 0.15) is 0 Å². The van der Waals surface area contributed by atoms with Crippen molar-refractivity contribution in [1.82, 2.24) is 0 Å². The number of alkyl halides is 2. The van der Waals surface area contributed by atoms with Gasteiger partial charge in [-0.3, -0.25) is 0 Å². The summed E-state index contributed by atoms with van der Waals surface area (Å²) in [7, 11) is -0.579. The molecule has 0 aliphatic carbocycles. The van der Waals surface area contributed by atoms with Crippen molar-refractivity contribution < 1.29 is 0 Å². The van der Waals surface area contributed by atoms with Gasteiger partial charge in [0.15, 0.2) is 0 Å². The van der Waals surface area contributed by atoms with Crippen LogP contribution in [-0.4, -0.2) is 11.0 Å². The van der Waals surface area contributed by atoms with Gasteiger partial charge in [-0.1, -0.05) is 60.7 Å². The van der Waals surface area contributed by atoms with Gasteiger partial charge in [-0.25, -0.2) is 0 Å². The Morgan fingerprint density at radius 2 is 1.24 bits per heavy atom. The van der Waals surface area contributed by atoms with E-state index in [1.54, 1.807) is 0 Å². The summed E-state index contributed by atoms with van der Waals surface area (Å²) in [6.45, 7) is 0. The zero-order chi connectivity index (χ0) is 12.1. The first kappa shape index (κ1) is 12.9. The maximum atomic E-state index is 6.40. The molecule has 0 aromatic heterocycles. The lowest BCUT2D eigenvalue weighted by Crippen LogP contribution is -2.19. The smallest absolute Gasteiger partial charge is 0.0750 e. The number of rotatable bonds is 4. The normalized spacial score (nSPS) is 12.6. The van der Waals surface area contributed by atoms with Crippen LogP contribution in [0.5, 0.6) is 0 Å². The lowest BCUT2D eigenvalue weighted by molar-refractivity contribution is 1.40. The molecule has 0 saturated carbocycles. The summed E-state index contributed by atoms with van der Waals surface area (Å²) in [5, 5.41) is 2.51. The summed E-state index contributed by atoms with van der Waals surface area (Å²) < 4.78 is 0. The third kappa shape index (κ3) is 3.22. The molecule has 0 N–H and O–H groups in total. The van der Waals surface area contributed by atoms with Crippen LogP contribution in [0.25, 0.3) is 0 Å². The van der Waals surface area contributed by atoms with Gasteiger partial charge in [-0.05, 0) is 18.5 Å². The molecule has 0 aliphatic rings. The molecule has 1 atom stereocenters. The van der Waals surface area contributed by atoms with E-state index in [9.17, 15) is 0 Å². The van der Waals surface area contributed by atoms with Crippen molar-refractivity contribution in [3.63, 3.8) is 0 Å². The molecule has 0 fully saturated rings. The molecule has 0 nitrogen and oxygen atoms in total. The predicted molar refractivity (Wildman–Crippen MR) is 79.4 cm³/mol. The Labute approximate surface area is 113 Å². The van der Waals surface area contributed by atoms with Crippen LogP contribution >= 0.6 is 31.1 Å². The monoisotopic (exact) mass is 282 g/mol. The molecule has 88 valence electrons. The maximum absolute atomic E-state index is 6.40. The lowest BCUT2D eigenvalue weighted by Gasteiger charge is -2.22. The predicted octanol–water partition coefficient (Wildman–Crippen LogP) is 3.92. The fourth-order valence-electron chi connectivity index (χ4n) is 1.72. The lowest BCUT2D eigenvalue weighted by atomic mass is 10.4. The van der Waals surface area contributed by atoms with Crippen LogP contribution < -0.4 is 10.6 Å². The minimum absolute atomic E-state index is 0.0310. The van der Waals surface area contributed by atoms with Crippen molar-refractivity contribution in [1.29, 1.82) is 0 Å². The molecule has 0 bridgehead atoms. The van der Waals surface area contributed by atoms with Gasteiger partial charge < -0.3 is 0 Å². The summed E-state index contributed by atoms with van der Waals surface area (Å²) >= 11 is 12.3. The Balaban J connectivity index is 2.39. The van der Waals surface area contributed by atoms with E-state index >= 15 is 0 Å². The van der Waals surface area contributed by atoms with Gasteiger partial charge in [0, 0.05) is 5.88 Å². The van der Waals surface area contributed by atoms with Crippen molar-refractivity contribution in [3.05, 3.63) is 60.7 Å². The first-order chi connectivity index (χ1) is 8.33. The fourth-order valence-corrected chi connectivity index (χ4v) is 4.88. The topological polar surface area (TPSA) is 0 Å². The minimum Gasteiger partial charge on any atom is -0.125 e. The Bertz CT molecular complexity index is 405. The van der Waals surface area contributed by atoms with E-state index in [0.29, 0.717) is 5.88 Å². The highest BCUT2D eigenvalue weighted by Gasteiger charge is 2.21. The van der Waals surface area contributed by atoms with E-state index in [2.05, 4.69) is 24.3 Å². The molecule has 0 radical (unpaired) electrons. The first-order valence-corrected chi connectivity index (χ1v) is 7.80. The fraction of sp³-hybridized carbons (Fsp3) is 0.143. The van der Waals surface area contributed by atoms with Crippen LogP contribution in [0.4, 0.5) is 0 Å². The molecule has 1 unspecified atom stereocenters. The van der Waals surface area contributed by atoms with Crippen molar-refractivity contribution in [2.75, 3.05) is 5.88 Å². The quantitative estimate of drug-likeness (QED) is 0.589. The second-order valence-corrected chi connectivity index (χ2v) is 7.17. The van der Waals surface area contributed by atoms with E-state index in [1.807, 2.05) is 36.4 Å². The van der Waals surface area contributed by atoms with E-state index < -0.39 is 7.92 Å². The van der Waals surface area contributed by atoms with Crippen LogP contribution in [0.15, 0.2) is 60.7 Å². The second-order valence-electron chi connectivity index (χ2n) is 3.63. The molecule has 0 spiro atoms. The zero-order valence-corrected chi connectivity index (χ0v) is 11.7. The maximum Gasteiger partial charge on any atom is 0.0750 e. The van der Waals surface area contributed by atoms with Gasteiger partial charge in [-0.15, -0.1) is 23.2 Å². The third-order valence-electron chi connectivity index (χ3n) is 2.48. The van der Waals surface area contributed by atoms with Crippen LogP contribution in [0.1, 0.15) is 0 Å². The molecule has 0 saturated heterocycles. The van der Waals surface area contributed by atoms with Crippen molar-refractivity contribution >= 4 is 41.7 Å². The summed E-state index contributed by atoms with van der Waals surface area (Å²) in [5.74, 6) is 0.469. The van der Waals surface area contributed by atoms with E-state index in [-0.39, 0.29) is 5.12 Å². The standard InChI is InChI=1S/C14H13Cl2P/c15-11-14(16)17(12-7-3-1-4-8-12)13-9-5-2-6-10-13/h1-10,14H,11H2. The van der Waals surface area contributed by atoms with Crippen molar-refractivity contribution in [2.45, 2.75) is 5.12 Å². The van der Waals surface area contributed by atoms with Gasteiger partial charge in [0.25, 0.3) is 0 Å². The Morgan fingerprint density at radius 3 is 1.59 bits per heavy atom. The van der Waals surface area contributed by atoms with Crippen molar-refractivity contribution in [3.8, 4) is 0 Å². The second kappa shape index (κ2) is 6.40. The van der Waals surface area contributed by atoms with Crippen LogP contribution in [0.2, 0.25) is 0 Å². The summed E-state index contributed by atoms with van der Waals surface area (Å²) in [4.78, 5) is 0. The van der Waals surface area contributed by atoms with Crippen molar-refractivity contribution in [2.24, 2.45) is 0 Å². The average Bonchev–Trinajstić information content (AvgIpc) is 2.41.